The van der Waals surface area contributed by atoms with Crippen molar-refractivity contribution < 1.29 is 9.90 Å². The molecule has 0 radical (unpaired) electrons. The fourth-order valence-corrected chi connectivity index (χ4v) is 5.09. The van der Waals surface area contributed by atoms with Crippen LogP contribution < -0.4 is 0 Å². The van der Waals surface area contributed by atoms with Crippen molar-refractivity contribution >= 4 is 6.03 Å². The molecule has 4 heteroatoms. The number of amides is 2. The number of rotatable bonds is 6. The van der Waals surface area contributed by atoms with Gasteiger partial charge in [-0.15, -0.1) is 0 Å². The van der Waals surface area contributed by atoms with Crippen LogP contribution in [0.4, 0.5) is 4.79 Å². The van der Waals surface area contributed by atoms with Crippen LogP contribution in [0, 0.1) is 5.92 Å². The average molecular weight is 359 g/mol. The van der Waals surface area contributed by atoms with E-state index >= 15 is 0 Å². The van der Waals surface area contributed by atoms with Crippen LogP contribution in [-0.4, -0.2) is 47.2 Å². The van der Waals surface area contributed by atoms with Gasteiger partial charge >= 0.3 is 6.03 Å². The van der Waals surface area contributed by atoms with E-state index in [2.05, 4.69) is 24.0 Å². The molecule has 0 bridgehead atoms. The van der Waals surface area contributed by atoms with Crippen molar-refractivity contribution in [3.8, 4) is 0 Å². The van der Waals surface area contributed by atoms with E-state index in [0.717, 1.165) is 19.4 Å². The Kier molecular flexibility index (Phi) is 6.23. The van der Waals surface area contributed by atoms with Gasteiger partial charge in [0.2, 0.25) is 0 Å². The molecular weight excluding hydrogens is 324 g/mol. The van der Waals surface area contributed by atoms with Crippen LogP contribution in [0.25, 0.3) is 0 Å². The summed E-state index contributed by atoms with van der Waals surface area (Å²) in [6.07, 6.45) is 8.90. The number of hydrogen-bond donors (Lipinski definition) is 1. The molecule has 1 heterocycles. The van der Waals surface area contributed by atoms with Gasteiger partial charge in [0.1, 0.15) is 0 Å². The minimum absolute atomic E-state index is 0.149. The molecule has 1 saturated heterocycles. The Morgan fingerprint density at radius 3 is 2.54 bits per heavy atom. The molecule has 26 heavy (non-hydrogen) atoms. The molecule has 2 aliphatic rings. The van der Waals surface area contributed by atoms with Crippen LogP contribution in [0.15, 0.2) is 30.3 Å². The number of aliphatic hydroxyl groups is 1. The fraction of sp³-hybridized carbons (Fsp3) is 0.682. The van der Waals surface area contributed by atoms with Gasteiger partial charge < -0.3 is 14.9 Å². The summed E-state index contributed by atoms with van der Waals surface area (Å²) in [6, 6.07) is 10.8. The van der Waals surface area contributed by atoms with Gasteiger partial charge in [-0.2, -0.15) is 0 Å². The Morgan fingerprint density at radius 1 is 1.19 bits per heavy atom. The molecule has 1 unspecified atom stereocenters. The summed E-state index contributed by atoms with van der Waals surface area (Å²) < 4.78 is 0. The third kappa shape index (κ3) is 3.62. The van der Waals surface area contributed by atoms with Crippen LogP contribution in [-0.2, 0) is 5.54 Å². The van der Waals surface area contributed by atoms with E-state index in [4.69, 9.17) is 0 Å². The summed E-state index contributed by atoms with van der Waals surface area (Å²) in [7, 11) is 1.95. The summed E-state index contributed by atoms with van der Waals surface area (Å²) in [4.78, 5) is 17.4. The molecular formula is C22H34N2O2. The summed E-state index contributed by atoms with van der Waals surface area (Å²) in [5.74, 6) is 0.641. The maximum Gasteiger partial charge on any atom is 0.320 e. The average Bonchev–Trinajstić information content (AvgIpc) is 2.70. The lowest BCUT2D eigenvalue weighted by Crippen LogP contribution is -2.61. The zero-order valence-corrected chi connectivity index (χ0v) is 16.4. The first-order valence-corrected chi connectivity index (χ1v) is 10.3. The largest absolute Gasteiger partial charge is 0.396 e. The zero-order valence-electron chi connectivity index (χ0n) is 16.4. The lowest BCUT2D eigenvalue weighted by Gasteiger charge is -2.52. The Labute approximate surface area is 158 Å². The molecule has 1 saturated carbocycles. The number of carbonyl (C=O) groups is 1. The molecule has 1 N–H and O–H groups in total. The molecule has 3 rings (SSSR count). The second-order valence-electron chi connectivity index (χ2n) is 8.15. The Hall–Kier alpha value is -1.55. The van der Waals surface area contributed by atoms with Crippen LogP contribution in [0.1, 0.15) is 63.9 Å². The highest BCUT2D eigenvalue weighted by atomic mass is 16.3. The quantitative estimate of drug-likeness (QED) is 0.820. The third-order valence-corrected chi connectivity index (χ3v) is 6.82. The van der Waals surface area contributed by atoms with Crippen molar-refractivity contribution in [1.29, 1.82) is 0 Å². The maximum atomic E-state index is 13.4. The topological polar surface area (TPSA) is 43.8 Å². The van der Waals surface area contributed by atoms with Crippen molar-refractivity contribution in [3.63, 3.8) is 0 Å². The van der Waals surface area contributed by atoms with Gasteiger partial charge in [0.15, 0.2) is 0 Å². The third-order valence-electron chi connectivity index (χ3n) is 6.82. The molecule has 1 aromatic carbocycles. The van der Waals surface area contributed by atoms with Crippen molar-refractivity contribution in [2.45, 2.75) is 69.9 Å². The molecule has 1 aromatic rings. The number of urea groups is 1. The second kappa shape index (κ2) is 8.43. The molecule has 0 aromatic heterocycles. The van der Waals surface area contributed by atoms with Gasteiger partial charge in [-0.1, -0.05) is 49.6 Å². The normalized spacial score (nSPS) is 26.2. The number of nitrogens with zero attached hydrogens (tertiary/aromatic N) is 2. The smallest absolute Gasteiger partial charge is 0.320 e. The van der Waals surface area contributed by atoms with Gasteiger partial charge in [-0.05, 0) is 50.5 Å². The molecule has 144 valence electrons. The molecule has 0 spiro atoms. The lowest BCUT2D eigenvalue weighted by atomic mass is 9.78. The van der Waals surface area contributed by atoms with Crippen LogP contribution in [0.2, 0.25) is 0 Å². The summed E-state index contributed by atoms with van der Waals surface area (Å²) in [6.45, 7) is 3.21. The molecule has 2 fully saturated rings. The monoisotopic (exact) mass is 358 g/mol. The minimum Gasteiger partial charge on any atom is -0.396 e. The maximum absolute atomic E-state index is 13.4. The highest BCUT2D eigenvalue weighted by Crippen LogP contribution is 2.41. The summed E-state index contributed by atoms with van der Waals surface area (Å²) >= 11 is 0. The number of carbonyl (C=O) groups excluding carboxylic acids is 1. The van der Waals surface area contributed by atoms with Crippen molar-refractivity contribution in [2.75, 3.05) is 20.2 Å². The van der Waals surface area contributed by atoms with Gasteiger partial charge in [0.05, 0.1) is 5.54 Å². The molecule has 4 nitrogen and oxygen atoms in total. The Bertz CT molecular complexity index is 585. The van der Waals surface area contributed by atoms with E-state index < -0.39 is 0 Å². The molecule has 2 amide bonds. The first-order valence-electron chi connectivity index (χ1n) is 10.3. The zero-order chi connectivity index (χ0) is 18.6. The fourth-order valence-electron chi connectivity index (χ4n) is 5.09. The number of hydrogen-bond acceptors (Lipinski definition) is 2. The highest BCUT2D eigenvalue weighted by Gasteiger charge is 2.45. The first-order chi connectivity index (χ1) is 12.6. The van der Waals surface area contributed by atoms with E-state index in [9.17, 15) is 9.90 Å². The highest BCUT2D eigenvalue weighted by molar-refractivity contribution is 5.77. The van der Waals surface area contributed by atoms with Crippen LogP contribution in [0.5, 0.6) is 0 Å². The van der Waals surface area contributed by atoms with E-state index in [1.807, 2.05) is 30.1 Å². The molecule has 1 aliphatic carbocycles. The van der Waals surface area contributed by atoms with E-state index in [1.54, 1.807) is 0 Å². The standard InChI is InChI=1S/C22H34N2O2/c1-18(19-10-5-3-6-11-19)24-16-15-22(14-9-17-25,23(2)21(24)26)20-12-7-4-8-13-20/h4,7-8,12-13,18-19,25H,3,5-6,9-11,14-17H2,1-2H3/t18-,22?/m0/s1. The van der Waals surface area contributed by atoms with E-state index in [0.29, 0.717) is 18.4 Å². The SMILES string of the molecule is C[C@@H](C1CCCCC1)N1CCC(CCCO)(c2ccccc2)N(C)C1=O. The number of benzene rings is 1. The van der Waals surface area contributed by atoms with Crippen molar-refractivity contribution in [3.05, 3.63) is 35.9 Å². The van der Waals surface area contributed by atoms with E-state index in [-0.39, 0.29) is 18.2 Å². The van der Waals surface area contributed by atoms with Crippen molar-refractivity contribution in [2.24, 2.45) is 5.92 Å². The number of aliphatic hydroxyl groups excluding tert-OH is 1. The van der Waals surface area contributed by atoms with Crippen LogP contribution in [0.3, 0.4) is 0 Å². The lowest BCUT2D eigenvalue weighted by molar-refractivity contribution is 0.0199. The first kappa shape index (κ1) is 19.2. The van der Waals surface area contributed by atoms with Crippen molar-refractivity contribution in [1.82, 2.24) is 9.80 Å². The Morgan fingerprint density at radius 2 is 1.88 bits per heavy atom. The van der Waals surface area contributed by atoms with E-state index in [1.165, 1.54) is 37.7 Å². The molecule has 1 aliphatic heterocycles. The second-order valence-corrected chi connectivity index (χ2v) is 8.15. The van der Waals surface area contributed by atoms with Gasteiger partial charge in [-0.25, -0.2) is 4.79 Å². The summed E-state index contributed by atoms with van der Waals surface area (Å²) in [5, 5.41) is 9.41. The minimum atomic E-state index is -0.302. The predicted octanol–water partition coefficient (Wildman–Crippen LogP) is 4.38. The van der Waals surface area contributed by atoms with Crippen LogP contribution >= 0.6 is 0 Å². The van der Waals surface area contributed by atoms with Gasteiger partial charge in [0.25, 0.3) is 0 Å². The Balaban J connectivity index is 1.81. The predicted molar refractivity (Wildman–Crippen MR) is 105 cm³/mol. The van der Waals surface area contributed by atoms with Gasteiger partial charge in [-0.3, -0.25) is 0 Å². The summed E-state index contributed by atoms with van der Waals surface area (Å²) in [5.41, 5.74) is 0.887. The molecule has 2 atom stereocenters. The van der Waals surface area contributed by atoms with Gasteiger partial charge in [0, 0.05) is 26.2 Å².